The highest BCUT2D eigenvalue weighted by Gasteiger charge is 2.26. The van der Waals surface area contributed by atoms with Crippen molar-refractivity contribution in [2.45, 2.75) is 69.1 Å². The van der Waals surface area contributed by atoms with Crippen molar-refractivity contribution in [1.82, 2.24) is 24.8 Å². The Labute approximate surface area is 186 Å². The Morgan fingerprint density at radius 2 is 1.94 bits per heavy atom. The van der Waals surface area contributed by atoms with Crippen LogP contribution in [0.1, 0.15) is 46.6 Å². The van der Waals surface area contributed by atoms with Crippen molar-refractivity contribution in [3.8, 4) is 11.5 Å². The number of anilines is 1. The van der Waals surface area contributed by atoms with E-state index in [1.165, 1.54) is 11.9 Å². The molecule has 0 unspecified atom stereocenters. The molecule has 0 spiro atoms. The Kier molecular flexibility index (Phi) is 5.98. The number of nitrogens with one attached hydrogen (secondary N) is 1. The summed E-state index contributed by atoms with van der Waals surface area (Å²) in [5, 5.41) is 4.31. The number of nitrogens with zero attached hydrogens (tertiary/aromatic N) is 4. The average molecular weight is 443 g/mol. The minimum atomic E-state index is -0.0693. The number of aryl methyl sites for hydroxylation is 1. The van der Waals surface area contributed by atoms with Gasteiger partial charge in [-0.15, -0.1) is 0 Å². The van der Waals surface area contributed by atoms with E-state index in [1.807, 2.05) is 6.07 Å². The van der Waals surface area contributed by atoms with Crippen molar-refractivity contribution in [2.24, 2.45) is 0 Å². The van der Waals surface area contributed by atoms with Crippen molar-refractivity contribution < 1.29 is 9.47 Å². The van der Waals surface area contributed by atoms with Gasteiger partial charge in [0.15, 0.2) is 33.6 Å². The van der Waals surface area contributed by atoms with Crippen LogP contribution in [0.3, 0.4) is 0 Å². The number of benzene rings is 1. The quantitative estimate of drug-likeness (QED) is 0.530. The fourth-order valence-corrected chi connectivity index (χ4v) is 4.80. The van der Waals surface area contributed by atoms with Gasteiger partial charge in [-0.1, -0.05) is 46.4 Å². The van der Waals surface area contributed by atoms with Gasteiger partial charge in [0.1, 0.15) is 6.33 Å². The van der Waals surface area contributed by atoms with Crippen molar-refractivity contribution in [3.63, 3.8) is 0 Å². The van der Waals surface area contributed by atoms with Crippen LogP contribution in [0.25, 0.3) is 11.2 Å². The second kappa shape index (κ2) is 8.55. The smallest absolute Gasteiger partial charge is 0.231 e. The van der Waals surface area contributed by atoms with Gasteiger partial charge in [-0.2, -0.15) is 0 Å². The van der Waals surface area contributed by atoms with Gasteiger partial charge in [-0.05, 0) is 36.1 Å². The Morgan fingerprint density at radius 1 is 1.19 bits per heavy atom. The molecule has 0 radical (unpaired) electrons. The summed E-state index contributed by atoms with van der Waals surface area (Å²) in [4.78, 5) is 14.5. The molecular weight excluding hydrogens is 412 g/mol. The number of nitrogens with two attached hydrogens (primary N) is 1. The minimum absolute atomic E-state index is 0.0693. The Morgan fingerprint density at radius 3 is 2.65 bits per heavy atom. The lowest BCUT2D eigenvalue weighted by atomic mass is 9.87. The van der Waals surface area contributed by atoms with E-state index in [0.29, 0.717) is 17.4 Å². The highest BCUT2D eigenvalue weighted by Crippen LogP contribution is 2.44. The molecule has 8 nitrogen and oxygen atoms in total. The first-order chi connectivity index (χ1) is 14.7. The van der Waals surface area contributed by atoms with E-state index < -0.39 is 0 Å². The van der Waals surface area contributed by atoms with E-state index in [4.69, 9.17) is 20.2 Å². The first-order valence-corrected chi connectivity index (χ1v) is 11.4. The maximum atomic E-state index is 6.11. The van der Waals surface area contributed by atoms with Crippen molar-refractivity contribution in [1.29, 1.82) is 0 Å². The Hall–Kier alpha value is -2.52. The predicted molar refractivity (Wildman–Crippen MR) is 123 cm³/mol. The SMILES string of the molecule is CC(C)NCCCn1c(Sc2cc3c(cc2C(C)(C)C)OCO3)nc2c(N)ncnc21. The highest BCUT2D eigenvalue weighted by atomic mass is 32.2. The summed E-state index contributed by atoms with van der Waals surface area (Å²) >= 11 is 1.61. The van der Waals surface area contributed by atoms with Gasteiger partial charge in [0.25, 0.3) is 0 Å². The van der Waals surface area contributed by atoms with Gasteiger partial charge in [0.2, 0.25) is 6.79 Å². The largest absolute Gasteiger partial charge is 0.454 e. The van der Waals surface area contributed by atoms with E-state index in [2.05, 4.69) is 60.5 Å². The summed E-state index contributed by atoms with van der Waals surface area (Å²) in [6.45, 7) is 12.8. The summed E-state index contributed by atoms with van der Waals surface area (Å²) in [7, 11) is 0. The zero-order valence-electron chi connectivity index (χ0n) is 18.7. The number of nitrogen functional groups attached to an aromatic ring is 1. The zero-order valence-corrected chi connectivity index (χ0v) is 19.5. The van der Waals surface area contributed by atoms with Crippen LogP contribution in [0.5, 0.6) is 11.5 Å². The summed E-state index contributed by atoms with van der Waals surface area (Å²) in [6.07, 6.45) is 2.45. The molecule has 9 heteroatoms. The summed E-state index contributed by atoms with van der Waals surface area (Å²) in [6, 6.07) is 4.58. The monoisotopic (exact) mass is 442 g/mol. The maximum Gasteiger partial charge on any atom is 0.231 e. The van der Waals surface area contributed by atoms with Gasteiger partial charge >= 0.3 is 0 Å². The zero-order chi connectivity index (χ0) is 22.2. The average Bonchev–Trinajstić information content (AvgIpc) is 3.29. The normalized spacial score (nSPS) is 13.5. The lowest BCUT2D eigenvalue weighted by Gasteiger charge is -2.23. The van der Waals surface area contributed by atoms with Crippen molar-refractivity contribution in [3.05, 3.63) is 24.0 Å². The third-order valence-corrected chi connectivity index (χ3v) is 6.17. The number of rotatable bonds is 7. The van der Waals surface area contributed by atoms with Gasteiger partial charge < -0.3 is 25.1 Å². The van der Waals surface area contributed by atoms with Crippen molar-refractivity contribution >= 4 is 28.7 Å². The molecule has 0 saturated carbocycles. The number of imidazole rings is 1. The summed E-state index contributed by atoms with van der Waals surface area (Å²) < 4.78 is 13.4. The first kappa shape index (κ1) is 21.7. The van der Waals surface area contributed by atoms with Gasteiger partial charge in [-0.3, -0.25) is 0 Å². The van der Waals surface area contributed by atoms with Crippen LogP contribution in [0.15, 0.2) is 28.5 Å². The van der Waals surface area contributed by atoms with Crippen LogP contribution in [-0.4, -0.2) is 38.9 Å². The standard InChI is InChI=1S/C22H30N6O2S/c1-13(2)24-7-6-8-28-20-18(19(23)25-11-26-20)27-21(28)31-17-10-16-15(29-12-30-16)9-14(17)22(3,4)5/h9-11,13,24H,6-8,12H2,1-5H3,(H2,23,25,26). The van der Waals surface area contributed by atoms with E-state index >= 15 is 0 Å². The molecule has 1 aliphatic heterocycles. The van der Waals surface area contributed by atoms with Gasteiger partial charge in [0, 0.05) is 17.5 Å². The molecule has 0 aliphatic carbocycles. The summed E-state index contributed by atoms with van der Waals surface area (Å²) in [5.74, 6) is 1.95. The summed E-state index contributed by atoms with van der Waals surface area (Å²) in [5.41, 5.74) is 8.63. The van der Waals surface area contributed by atoms with Crippen LogP contribution < -0.4 is 20.5 Å². The number of fused-ring (bicyclic) bond motifs is 2. The molecule has 0 atom stereocenters. The predicted octanol–water partition coefficient (Wildman–Crippen LogP) is 3.97. The van der Waals surface area contributed by atoms with Crippen LogP contribution in [0.2, 0.25) is 0 Å². The van der Waals surface area contributed by atoms with Crippen LogP contribution in [-0.2, 0) is 12.0 Å². The molecule has 1 aromatic carbocycles. The maximum absolute atomic E-state index is 6.11. The highest BCUT2D eigenvalue weighted by molar-refractivity contribution is 7.99. The molecule has 4 rings (SSSR count). The molecule has 0 amide bonds. The van der Waals surface area contributed by atoms with Crippen LogP contribution in [0.4, 0.5) is 5.82 Å². The van der Waals surface area contributed by atoms with Gasteiger partial charge in [0.05, 0.1) is 0 Å². The van der Waals surface area contributed by atoms with E-state index in [-0.39, 0.29) is 12.2 Å². The Balaban J connectivity index is 1.73. The molecule has 2 aromatic heterocycles. The molecule has 166 valence electrons. The molecule has 0 saturated heterocycles. The number of hydrogen-bond acceptors (Lipinski definition) is 8. The molecule has 0 bridgehead atoms. The molecule has 1 aliphatic rings. The molecule has 0 fully saturated rings. The third-order valence-electron chi connectivity index (χ3n) is 5.12. The van der Waals surface area contributed by atoms with Crippen molar-refractivity contribution in [2.75, 3.05) is 19.1 Å². The minimum Gasteiger partial charge on any atom is -0.454 e. The Bertz CT molecular complexity index is 1090. The number of hydrogen-bond donors (Lipinski definition) is 2. The second-order valence-corrected chi connectivity index (χ2v) is 10.0. The molecule has 3 heterocycles. The molecule has 3 aromatic rings. The molecule has 3 N–H and O–H groups in total. The third kappa shape index (κ3) is 4.57. The molecule has 31 heavy (non-hydrogen) atoms. The van der Waals surface area contributed by atoms with E-state index in [0.717, 1.165) is 46.7 Å². The van der Waals surface area contributed by atoms with Crippen LogP contribution >= 0.6 is 11.8 Å². The lowest BCUT2D eigenvalue weighted by Crippen LogP contribution is -2.24. The lowest BCUT2D eigenvalue weighted by molar-refractivity contribution is 0.174. The van der Waals surface area contributed by atoms with Crippen LogP contribution in [0, 0.1) is 0 Å². The molecular formula is C22H30N6O2S. The van der Waals surface area contributed by atoms with E-state index in [1.54, 1.807) is 11.8 Å². The topological polar surface area (TPSA) is 100 Å². The fraction of sp³-hybridized carbons (Fsp3) is 0.500. The van der Waals surface area contributed by atoms with Gasteiger partial charge in [-0.25, -0.2) is 15.0 Å². The number of aromatic nitrogens is 4. The second-order valence-electron chi connectivity index (χ2n) is 8.99. The fourth-order valence-electron chi connectivity index (χ4n) is 3.53. The number of ether oxygens (including phenoxy) is 2. The van der Waals surface area contributed by atoms with E-state index in [9.17, 15) is 0 Å². The first-order valence-electron chi connectivity index (χ1n) is 10.6.